The van der Waals surface area contributed by atoms with Gasteiger partial charge < -0.3 is 0 Å². The molecule has 3 heteroatoms. The van der Waals surface area contributed by atoms with Gasteiger partial charge in [-0.1, -0.05) is 12.1 Å². The average Bonchev–Trinajstić information content (AvgIpc) is 2.72. The van der Waals surface area contributed by atoms with Crippen molar-refractivity contribution in [2.75, 3.05) is 0 Å². The van der Waals surface area contributed by atoms with Crippen LogP contribution >= 0.6 is 0 Å². The molecule has 3 aromatic heterocycles. The van der Waals surface area contributed by atoms with Crippen molar-refractivity contribution < 1.29 is 4.57 Å². The van der Waals surface area contributed by atoms with Crippen molar-refractivity contribution >= 4 is 5.52 Å². The van der Waals surface area contributed by atoms with Crippen LogP contribution in [0.25, 0.3) is 11.3 Å². The van der Waals surface area contributed by atoms with Crippen molar-refractivity contribution in [2.24, 2.45) is 0 Å². The summed E-state index contributed by atoms with van der Waals surface area (Å²) in [5.41, 5.74) is 2.19. The molecular formula is C13H12N3+. The Morgan fingerprint density at radius 1 is 1.12 bits per heavy atom. The van der Waals surface area contributed by atoms with Crippen LogP contribution in [-0.4, -0.2) is 9.38 Å². The summed E-state index contributed by atoms with van der Waals surface area (Å²) in [7, 11) is 0. The van der Waals surface area contributed by atoms with Crippen LogP contribution < -0.4 is 4.57 Å². The molecule has 0 atom stereocenters. The number of pyridine rings is 2. The predicted octanol–water partition coefficient (Wildman–Crippen LogP) is 1.92. The lowest BCUT2D eigenvalue weighted by atomic mass is 10.4. The Balaban J connectivity index is 2.19. The van der Waals surface area contributed by atoms with Crippen LogP contribution in [0.5, 0.6) is 0 Å². The Hall–Kier alpha value is -2.16. The topological polar surface area (TPSA) is 21.2 Å². The number of nitrogens with zero attached hydrogens (tertiary/aromatic N) is 3. The standard InChI is InChI=1S/C13H12N3/c1-11-5-4-7-13(14-11)16-9-12-6-2-3-8-15(12)10-16/h2-10H,1H3/q+1. The van der Waals surface area contributed by atoms with Gasteiger partial charge in [0.05, 0.1) is 6.20 Å². The molecule has 0 radical (unpaired) electrons. The van der Waals surface area contributed by atoms with Gasteiger partial charge in [0.2, 0.25) is 0 Å². The zero-order valence-electron chi connectivity index (χ0n) is 9.04. The molecule has 0 spiro atoms. The van der Waals surface area contributed by atoms with Gasteiger partial charge in [-0.15, -0.1) is 4.98 Å². The normalized spacial score (nSPS) is 10.8. The minimum Gasteiger partial charge on any atom is -0.236 e. The van der Waals surface area contributed by atoms with Gasteiger partial charge in [0.25, 0.3) is 5.82 Å². The van der Waals surface area contributed by atoms with E-state index in [0.717, 1.165) is 17.0 Å². The summed E-state index contributed by atoms with van der Waals surface area (Å²) in [5.74, 6) is 0.948. The lowest BCUT2D eigenvalue weighted by Gasteiger charge is -1.92. The van der Waals surface area contributed by atoms with Gasteiger partial charge in [0.15, 0.2) is 6.33 Å². The highest BCUT2D eigenvalue weighted by atomic mass is 15.1. The van der Waals surface area contributed by atoms with Crippen molar-refractivity contribution in [3.63, 3.8) is 0 Å². The van der Waals surface area contributed by atoms with Crippen LogP contribution in [0.4, 0.5) is 0 Å². The second-order valence-corrected chi connectivity index (χ2v) is 3.82. The lowest BCUT2D eigenvalue weighted by Crippen LogP contribution is -2.28. The maximum atomic E-state index is 4.49. The van der Waals surface area contributed by atoms with E-state index in [4.69, 9.17) is 0 Å². The Kier molecular flexibility index (Phi) is 1.96. The van der Waals surface area contributed by atoms with Crippen molar-refractivity contribution in [3.8, 4) is 5.82 Å². The SMILES string of the molecule is Cc1cccc(-[n+]2cc3ccccn3c2)n1. The molecule has 3 rings (SSSR count). The molecule has 0 amide bonds. The predicted molar refractivity (Wildman–Crippen MR) is 61.5 cm³/mol. The third kappa shape index (κ3) is 1.46. The quantitative estimate of drug-likeness (QED) is 0.562. The summed E-state index contributed by atoms with van der Waals surface area (Å²) < 4.78 is 4.10. The molecule has 3 nitrogen and oxygen atoms in total. The van der Waals surface area contributed by atoms with Crippen molar-refractivity contribution in [1.82, 2.24) is 9.38 Å². The molecule has 16 heavy (non-hydrogen) atoms. The van der Waals surface area contributed by atoms with Crippen molar-refractivity contribution in [2.45, 2.75) is 6.92 Å². The number of hydrogen-bond acceptors (Lipinski definition) is 1. The van der Waals surface area contributed by atoms with E-state index in [2.05, 4.69) is 21.6 Å². The monoisotopic (exact) mass is 210 g/mol. The van der Waals surface area contributed by atoms with E-state index in [-0.39, 0.29) is 0 Å². The number of aromatic nitrogens is 3. The molecule has 0 saturated carbocycles. The van der Waals surface area contributed by atoms with E-state index in [1.54, 1.807) is 0 Å². The van der Waals surface area contributed by atoms with Gasteiger partial charge in [-0.05, 0) is 25.1 Å². The molecule has 3 aromatic rings. The van der Waals surface area contributed by atoms with Gasteiger partial charge >= 0.3 is 0 Å². The Morgan fingerprint density at radius 3 is 2.88 bits per heavy atom. The molecule has 0 fully saturated rings. The number of hydrogen-bond donors (Lipinski definition) is 0. The largest absolute Gasteiger partial charge is 0.267 e. The van der Waals surface area contributed by atoms with Gasteiger partial charge in [0, 0.05) is 6.07 Å². The summed E-state index contributed by atoms with van der Waals surface area (Å²) in [5, 5.41) is 0. The van der Waals surface area contributed by atoms with Crippen LogP contribution in [0, 0.1) is 6.92 Å². The zero-order valence-corrected chi connectivity index (χ0v) is 9.04. The molecule has 0 aliphatic carbocycles. The van der Waals surface area contributed by atoms with Crippen molar-refractivity contribution in [3.05, 3.63) is 60.8 Å². The van der Waals surface area contributed by atoms with E-state index < -0.39 is 0 Å². The molecular weight excluding hydrogens is 198 g/mol. The van der Waals surface area contributed by atoms with Gasteiger partial charge in [-0.25, -0.2) is 8.97 Å². The fourth-order valence-corrected chi connectivity index (χ4v) is 1.79. The maximum Gasteiger partial charge on any atom is 0.267 e. The highest BCUT2D eigenvalue weighted by Gasteiger charge is 2.08. The molecule has 0 bridgehead atoms. The summed E-state index contributed by atoms with van der Waals surface area (Å²) in [6, 6.07) is 12.1. The Bertz CT molecular complexity index is 607. The van der Waals surface area contributed by atoms with E-state index >= 15 is 0 Å². The average molecular weight is 210 g/mol. The number of imidazole rings is 1. The van der Waals surface area contributed by atoms with Crippen LogP contribution in [0.2, 0.25) is 0 Å². The second-order valence-electron chi connectivity index (χ2n) is 3.82. The molecule has 0 unspecified atom stereocenters. The van der Waals surface area contributed by atoms with Crippen LogP contribution in [-0.2, 0) is 0 Å². The zero-order chi connectivity index (χ0) is 11.0. The fourth-order valence-electron chi connectivity index (χ4n) is 1.79. The Morgan fingerprint density at radius 2 is 2.06 bits per heavy atom. The summed E-state index contributed by atoms with van der Waals surface area (Å²) >= 11 is 0. The Labute approximate surface area is 93.6 Å². The highest BCUT2D eigenvalue weighted by Crippen LogP contribution is 2.02. The first-order valence-electron chi connectivity index (χ1n) is 5.25. The van der Waals surface area contributed by atoms with E-state index in [1.165, 1.54) is 0 Å². The smallest absolute Gasteiger partial charge is 0.236 e. The summed E-state index contributed by atoms with van der Waals surface area (Å²) in [6.07, 6.45) is 6.13. The summed E-state index contributed by atoms with van der Waals surface area (Å²) in [4.78, 5) is 4.49. The first-order valence-corrected chi connectivity index (χ1v) is 5.25. The minimum atomic E-state index is 0.948. The van der Waals surface area contributed by atoms with Crippen LogP contribution in [0.3, 0.4) is 0 Å². The molecule has 78 valence electrons. The molecule has 0 aromatic carbocycles. The molecule has 0 aliphatic heterocycles. The van der Waals surface area contributed by atoms with Gasteiger partial charge in [0.1, 0.15) is 17.4 Å². The molecule has 0 N–H and O–H groups in total. The molecule has 0 saturated heterocycles. The molecule has 0 aliphatic rings. The number of fused-ring (bicyclic) bond motifs is 1. The molecule has 3 heterocycles. The van der Waals surface area contributed by atoms with Crippen molar-refractivity contribution in [1.29, 1.82) is 0 Å². The first-order chi connectivity index (χ1) is 7.83. The maximum absolute atomic E-state index is 4.49. The first kappa shape index (κ1) is 9.09. The highest BCUT2D eigenvalue weighted by molar-refractivity contribution is 5.42. The number of rotatable bonds is 1. The van der Waals surface area contributed by atoms with Crippen LogP contribution in [0.1, 0.15) is 5.69 Å². The van der Waals surface area contributed by atoms with E-state index in [0.29, 0.717) is 0 Å². The third-order valence-corrected chi connectivity index (χ3v) is 2.58. The lowest BCUT2D eigenvalue weighted by molar-refractivity contribution is -0.598. The number of aryl methyl sites for hydroxylation is 1. The van der Waals surface area contributed by atoms with Gasteiger partial charge in [-0.2, -0.15) is 0 Å². The van der Waals surface area contributed by atoms with E-state index in [9.17, 15) is 0 Å². The summed E-state index contributed by atoms with van der Waals surface area (Å²) in [6.45, 7) is 2.00. The fraction of sp³-hybridized carbons (Fsp3) is 0.0769. The van der Waals surface area contributed by atoms with Crippen LogP contribution in [0.15, 0.2) is 55.1 Å². The minimum absolute atomic E-state index is 0.948. The van der Waals surface area contributed by atoms with E-state index in [1.807, 2.05) is 54.3 Å². The second kappa shape index (κ2) is 3.45. The third-order valence-electron chi connectivity index (χ3n) is 2.58. The van der Waals surface area contributed by atoms with Gasteiger partial charge in [-0.3, -0.25) is 0 Å².